The zero-order valence-electron chi connectivity index (χ0n) is 13.2. The zero-order valence-corrected chi connectivity index (χ0v) is 14.8. The monoisotopic (exact) mass is 351 g/mol. The van der Waals surface area contributed by atoms with Gasteiger partial charge in [0.25, 0.3) is 0 Å². The summed E-state index contributed by atoms with van der Waals surface area (Å²) in [7, 11) is 0. The Morgan fingerprint density at radius 3 is 2.52 bits per heavy atom. The Kier molecular flexibility index (Phi) is 4.82. The summed E-state index contributed by atoms with van der Waals surface area (Å²) in [4.78, 5) is 12.0. The van der Waals surface area contributed by atoms with Crippen molar-refractivity contribution in [2.75, 3.05) is 11.4 Å². The summed E-state index contributed by atoms with van der Waals surface area (Å²) in [5.41, 5.74) is 0. The largest absolute Gasteiger partial charge is 0.353 e. The van der Waals surface area contributed by atoms with Crippen molar-refractivity contribution in [3.63, 3.8) is 0 Å². The molecule has 0 amide bonds. The standard InChI is InChI=1S/C17H26BrN3/c1-12(2)9-10-21(14-5-3-4-6-14)16-11-15(18)19-17(20-16)13-7-8-13/h11-14H,3-10H2,1-2H3. The second-order valence-corrected chi connectivity index (χ2v) is 7.81. The van der Waals surface area contributed by atoms with Crippen LogP contribution >= 0.6 is 15.9 Å². The van der Waals surface area contributed by atoms with Gasteiger partial charge in [0.2, 0.25) is 0 Å². The van der Waals surface area contributed by atoms with Gasteiger partial charge in [-0.3, -0.25) is 0 Å². The van der Waals surface area contributed by atoms with E-state index >= 15 is 0 Å². The van der Waals surface area contributed by atoms with Crippen LogP contribution < -0.4 is 4.90 Å². The third-order valence-corrected chi connectivity index (χ3v) is 5.05. The van der Waals surface area contributed by atoms with Gasteiger partial charge in [-0.25, -0.2) is 9.97 Å². The van der Waals surface area contributed by atoms with Crippen LogP contribution in [0.5, 0.6) is 0 Å². The molecular weight excluding hydrogens is 326 g/mol. The van der Waals surface area contributed by atoms with Crippen molar-refractivity contribution in [3.8, 4) is 0 Å². The van der Waals surface area contributed by atoms with Crippen LogP contribution in [-0.4, -0.2) is 22.6 Å². The van der Waals surface area contributed by atoms with Gasteiger partial charge in [0.15, 0.2) is 0 Å². The molecule has 2 aliphatic rings. The van der Waals surface area contributed by atoms with Gasteiger partial charge in [0.05, 0.1) is 0 Å². The van der Waals surface area contributed by atoms with Crippen molar-refractivity contribution >= 4 is 21.7 Å². The number of rotatable bonds is 6. The van der Waals surface area contributed by atoms with E-state index in [0.29, 0.717) is 12.0 Å². The van der Waals surface area contributed by atoms with Gasteiger partial charge < -0.3 is 4.90 Å². The molecule has 0 aromatic carbocycles. The highest BCUT2D eigenvalue weighted by molar-refractivity contribution is 9.10. The highest BCUT2D eigenvalue weighted by atomic mass is 79.9. The van der Waals surface area contributed by atoms with Crippen LogP contribution in [0, 0.1) is 5.92 Å². The molecule has 0 N–H and O–H groups in total. The number of nitrogens with zero attached hydrogens (tertiary/aromatic N) is 3. The van der Waals surface area contributed by atoms with Gasteiger partial charge in [-0.15, -0.1) is 0 Å². The smallest absolute Gasteiger partial charge is 0.135 e. The topological polar surface area (TPSA) is 29.0 Å². The molecule has 1 aromatic heterocycles. The van der Waals surface area contributed by atoms with Crippen molar-refractivity contribution in [1.29, 1.82) is 0 Å². The maximum Gasteiger partial charge on any atom is 0.135 e. The molecule has 2 fully saturated rings. The molecule has 0 aliphatic heterocycles. The number of aromatic nitrogens is 2. The highest BCUT2D eigenvalue weighted by Crippen LogP contribution is 2.39. The van der Waals surface area contributed by atoms with E-state index in [1.165, 1.54) is 44.9 Å². The quantitative estimate of drug-likeness (QED) is 0.681. The normalized spacial score (nSPS) is 19.4. The average Bonchev–Trinajstić information content (AvgIpc) is 3.15. The molecular formula is C17H26BrN3. The van der Waals surface area contributed by atoms with E-state index in [2.05, 4.69) is 45.7 Å². The first kappa shape index (κ1) is 15.3. The fraction of sp³-hybridized carbons (Fsp3) is 0.765. The average molecular weight is 352 g/mol. The number of anilines is 1. The third kappa shape index (κ3) is 3.97. The van der Waals surface area contributed by atoms with E-state index < -0.39 is 0 Å². The fourth-order valence-electron chi connectivity index (χ4n) is 3.19. The molecule has 116 valence electrons. The molecule has 21 heavy (non-hydrogen) atoms. The van der Waals surface area contributed by atoms with E-state index in [1.807, 2.05) is 0 Å². The fourth-order valence-corrected chi connectivity index (χ4v) is 3.58. The van der Waals surface area contributed by atoms with Gasteiger partial charge in [-0.2, -0.15) is 0 Å². The van der Waals surface area contributed by atoms with Crippen LogP contribution in [0.3, 0.4) is 0 Å². The van der Waals surface area contributed by atoms with E-state index in [4.69, 9.17) is 4.98 Å². The van der Waals surface area contributed by atoms with Gasteiger partial charge in [-0.05, 0) is 54.0 Å². The van der Waals surface area contributed by atoms with Crippen molar-refractivity contribution in [1.82, 2.24) is 9.97 Å². The van der Waals surface area contributed by atoms with Crippen LogP contribution in [0.1, 0.15) is 70.5 Å². The van der Waals surface area contributed by atoms with Crippen LogP contribution in [0.25, 0.3) is 0 Å². The predicted octanol–water partition coefficient (Wildman–Crippen LogP) is 4.91. The third-order valence-electron chi connectivity index (χ3n) is 4.65. The van der Waals surface area contributed by atoms with Crippen molar-refractivity contribution < 1.29 is 0 Å². The van der Waals surface area contributed by atoms with E-state index in [1.54, 1.807) is 0 Å². The summed E-state index contributed by atoms with van der Waals surface area (Å²) in [5, 5.41) is 0. The van der Waals surface area contributed by atoms with Crippen molar-refractivity contribution in [2.24, 2.45) is 5.92 Å². The lowest BCUT2D eigenvalue weighted by Gasteiger charge is -2.31. The maximum absolute atomic E-state index is 4.90. The first-order chi connectivity index (χ1) is 10.1. The minimum absolute atomic E-state index is 0.608. The molecule has 0 bridgehead atoms. The molecule has 0 unspecified atom stereocenters. The Morgan fingerprint density at radius 1 is 1.19 bits per heavy atom. The molecule has 4 heteroatoms. The first-order valence-corrected chi connectivity index (χ1v) is 9.24. The summed E-state index contributed by atoms with van der Waals surface area (Å²) >= 11 is 3.59. The lowest BCUT2D eigenvalue weighted by atomic mass is 10.1. The Morgan fingerprint density at radius 2 is 1.90 bits per heavy atom. The van der Waals surface area contributed by atoms with E-state index in [9.17, 15) is 0 Å². The van der Waals surface area contributed by atoms with Crippen LogP contribution in [0.2, 0.25) is 0 Å². The molecule has 2 saturated carbocycles. The van der Waals surface area contributed by atoms with Gasteiger partial charge >= 0.3 is 0 Å². The molecule has 0 spiro atoms. The zero-order chi connectivity index (χ0) is 14.8. The van der Waals surface area contributed by atoms with E-state index in [-0.39, 0.29) is 0 Å². The lowest BCUT2D eigenvalue weighted by molar-refractivity contribution is 0.524. The Hall–Kier alpha value is -0.640. The van der Waals surface area contributed by atoms with Crippen LogP contribution in [0.4, 0.5) is 5.82 Å². The summed E-state index contributed by atoms with van der Waals surface area (Å²) in [6.45, 7) is 5.73. The summed E-state index contributed by atoms with van der Waals surface area (Å²) < 4.78 is 0.946. The molecule has 1 heterocycles. The Balaban J connectivity index is 1.83. The molecule has 0 radical (unpaired) electrons. The molecule has 3 rings (SSSR count). The summed E-state index contributed by atoms with van der Waals surface area (Å²) in [6, 6.07) is 2.79. The van der Waals surface area contributed by atoms with Crippen molar-refractivity contribution in [3.05, 3.63) is 16.5 Å². The molecule has 1 aromatic rings. The Bertz CT molecular complexity index is 479. The second-order valence-electron chi connectivity index (χ2n) is 7.00. The van der Waals surface area contributed by atoms with Crippen LogP contribution in [-0.2, 0) is 0 Å². The van der Waals surface area contributed by atoms with Crippen LogP contribution in [0.15, 0.2) is 10.7 Å². The SMILES string of the molecule is CC(C)CCN(c1cc(Br)nc(C2CC2)n1)C1CCCC1. The van der Waals surface area contributed by atoms with Gasteiger partial charge in [-0.1, -0.05) is 26.7 Å². The van der Waals surface area contributed by atoms with E-state index in [0.717, 1.165) is 28.7 Å². The van der Waals surface area contributed by atoms with Gasteiger partial charge in [0.1, 0.15) is 16.2 Å². The number of hydrogen-bond acceptors (Lipinski definition) is 3. The minimum atomic E-state index is 0.608. The molecule has 0 atom stereocenters. The highest BCUT2D eigenvalue weighted by Gasteiger charge is 2.29. The summed E-state index contributed by atoms with van der Waals surface area (Å²) in [5.74, 6) is 3.54. The maximum atomic E-state index is 4.90. The minimum Gasteiger partial charge on any atom is -0.353 e. The lowest BCUT2D eigenvalue weighted by Crippen LogP contribution is -2.35. The molecule has 0 saturated heterocycles. The van der Waals surface area contributed by atoms with Crippen molar-refractivity contribution in [2.45, 2.75) is 70.8 Å². The molecule has 2 aliphatic carbocycles. The van der Waals surface area contributed by atoms with Gasteiger partial charge in [0, 0.05) is 24.6 Å². The number of halogens is 1. The first-order valence-electron chi connectivity index (χ1n) is 8.44. The Labute approximate surface area is 136 Å². The second kappa shape index (κ2) is 6.64. The number of hydrogen-bond donors (Lipinski definition) is 0. The predicted molar refractivity (Wildman–Crippen MR) is 90.8 cm³/mol. The molecule has 3 nitrogen and oxygen atoms in total. The summed E-state index contributed by atoms with van der Waals surface area (Å²) in [6.07, 6.45) is 9.11.